The number of Topliss-reactive ketones (excluding diaryl/α,β-unsaturated/α-hetero) is 1. The van der Waals surface area contributed by atoms with Gasteiger partial charge in [0.25, 0.3) is 0 Å². The molecule has 2 aromatic carbocycles. The monoisotopic (exact) mass is 440 g/mol. The van der Waals surface area contributed by atoms with Crippen molar-refractivity contribution in [2.45, 2.75) is 66.4 Å². The highest BCUT2D eigenvalue weighted by atomic mass is 16.3. The molecule has 0 spiro atoms. The van der Waals surface area contributed by atoms with Gasteiger partial charge in [-0.15, -0.1) is 0 Å². The Morgan fingerprint density at radius 2 is 1.79 bits per heavy atom. The summed E-state index contributed by atoms with van der Waals surface area (Å²) in [6.45, 7) is 10.9. The molecule has 0 bridgehead atoms. The summed E-state index contributed by atoms with van der Waals surface area (Å²) in [5, 5.41) is 9.60. The van der Waals surface area contributed by atoms with Gasteiger partial charge in [-0.3, -0.25) is 4.79 Å². The maximum absolute atomic E-state index is 13.9. The van der Waals surface area contributed by atoms with E-state index in [9.17, 15) is 9.90 Å². The van der Waals surface area contributed by atoms with E-state index in [0.717, 1.165) is 30.4 Å². The predicted octanol–water partition coefficient (Wildman–Crippen LogP) is 6.86. The minimum Gasteiger partial charge on any atom is -0.392 e. The SMILES string of the molecule is CCC1C(=O)C(c2c(C)cccc2C)C=CC2=CCC(C)(Cc3cc(CO)ccc3C)C=C21. The van der Waals surface area contributed by atoms with Crippen molar-refractivity contribution in [3.63, 3.8) is 0 Å². The fourth-order valence-corrected chi connectivity index (χ4v) is 5.66. The molecule has 0 aromatic heterocycles. The van der Waals surface area contributed by atoms with Crippen LogP contribution in [0.25, 0.3) is 0 Å². The van der Waals surface area contributed by atoms with Crippen LogP contribution in [0.1, 0.15) is 66.0 Å². The third-order valence-electron chi connectivity index (χ3n) is 7.57. The Kier molecular flexibility index (Phi) is 6.59. The molecule has 0 amide bonds. The molecule has 0 fully saturated rings. The van der Waals surface area contributed by atoms with Gasteiger partial charge in [-0.25, -0.2) is 0 Å². The Morgan fingerprint density at radius 3 is 2.45 bits per heavy atom. The molecule has 2 aromatic rings. The zero-order chi connectivity index (χ0) is 23.8. The number of aryl methyl sites for hydroxylation is 3. The molecular weight excluding hydrogens is 404 g/mol. The second kappa shape index (κ2) is 9.27. The van der Waals surface area contributed by atoms with E-state index >= 15 is 0 Å². The number of fused-ring (bicyclic) bond motifs is 1. The number of carbonyl (C=O) groups excluding carboxylic acids is 1. The lowest BCUT2D eigenvalue weighted by atomic mass is 9.70. The van der Waals surface area contributed by atoms with E-state index in [-0.39, 0.29) is 23.9 Å². The first-order chi connectivity index (χ1) is 15.8. The number of ketones is 1. The number of hydrogen-bond acceptors (Lipinski definition) is 2. The lowest BCUT2D eigenvalue weighted by Crippen LogP contribution is -2.27. The number of allylic oxidation sites excluding steroid dienone is 6. The molecular formula is C31H36O2. The summed E-state index contributed by atoms with van der Waals surface area (Å²) in [4.78, 5) is 13.9. The summed E-state index contributed by atoms with van der Waals surface area (Å²) in [6.07, 6.45) is 11.7. The molecule has 4 rings (SSSR count). The molecule has 2 nitrogen and oxygen atoms in total. The molecule has 2 aliphatic rings. The summed E-state index contributed by atoms with van der Waals surface area (Å²) in [5.74, 6) is 0.0153. The van der Waals surface area contributed by atoms with Gasteiger partial charge in [-0.2, -0.15) is 0 Å². The summed E-state index contributed by atoms with van der Waals surface area (Å²) in [7, 11) is 0. The van der Waals surface area contributed by atoms with Crippen molar-refractivity contribution in [2.24, 2.45) is 11.3 Å². The molecule has 2 aliphatic carbocycles. The van der Waals surface area contributed by atoms with Crippen LogP contribution in [0, 0.1) is 32.1 Å². The second-order valence-corrected chi connectivity index (χ2v) is 10.2. The molecule has 0 saturated heterocycles. The van der Waals surface area contributed by atoms with Crippen molar-refractivity contribution < 1.29 is 9.90 Å². The average molecular weight is 441 g/mol. The minimum atomic E-state index is -0.196. The quantitative estimate of drug-likeness (QED) is 0.551. The maximum Gasteiger partial charge on any atom is 0.151 e. The summed E-state index contributed by atoms with van der Waals surface area (Å²) in [6, 6.07) is 12.5. The van der Waals surface area contributed by atoms with Crippen LogP contribution in [0.4, 0.5) is 0 Å². The van der Waals surface area contributed by atoms with Gasteiger partial charge in [-0.1, -0.05) is 74.5 Å². The molecule has 3 unspecified atom stereocenters. The van der Waals surface area contributed by atoms with Gasteiger partial charge in [0.05, 0.1) is 12.5 Å². The minimum absolute atomic E-state index is 0.0579. The first-order valence-electron chi connectivity index (χ1n) is 12.2. The van der Waals surface area contributed by atoms with Crippen molar-refractivity contribution in [3.05, 3.63) is 105 Å². The van der Waals surface area contributed by atoms with Crippen LogP contribution in [-0.2, 0) is 17.8 Å². The van der Waals surface area contributed by atoms with Crippen LogP contribution in [0.5, 0.6) is 0 Å². The number of carbonyl (C=O) groups is 1. The second-order valence-electron chi connectivity index (χ2n) is 10.2. The van der Waals surface area contributed by atoms with E-state index in [1.807, 2.05) is 6.07 Å². The van der Waals surface area contributed by atoms with Crippen molar-refractivity contribution in [1.29, 1.82) is 0 Å². The fraction of sp³-hybridized carbons (Fsp3) is 0.387. The smallest absolute Gasteiger partial charge is 0.151 e. The zero-order valence-electron chi connectivity index (χ0n) is 20.6. The Hall–Kier alpha value is -2.71. The lowest BCUT2D eigenvalue weighted by Gasteiger charge is -2.33. The topological polar surface area (TPSA) is 37.3 Å². The predicted molar refractivity (Wildman–Crippen MR) is 136 cm³/mol. The molecule has 0 radical (unpaired) electrons. The van der Waals surface area contributed by atoms with E-state index in [1.54, 1.807) is 0 Å². The van der Waals surface area contributed by atoms with E-state index in [0.29, 0.717) is 5.78 Å². The third kappa shape index (κ3) is 4.54. The first kappa shape index (κ1) is 23.4. The largest absolute Gasteiger partial charge is 0.392 e. The Labute approximate surface area is 198 Å². The summed E-state index contributed by atoms with van der Waals surface area (Å²) >= 11 is 0. The summed E-state index contributed by atoms with van der Waals surface area (Å²) < 4.78 is 0. The van der Waals surface area contributed by atoms with E-state index in [2.05, 4.69) is 89.3 Å². The van der Waals surface area contributed by atoms with E-state index in [4.69, 9.17) is 0 Å². The molecule has 33 heavy (non-hydrogen) atoms. The van der Waals surface area contributed by atoms with Crippen LogP contribution >= 0.6 is 0 Å². The van der Waals surface area contributed by atoms with Gasteiger partial charge >= 0.3 is 0 Å². The fourth-order valence-electron chi connectivity index (χ4n) is 5.66. The van der Waals surface area contributed by atoms with Crippen molar-refractivity contribution in [1.82, 2.24) is 0 Å². The van der Waals surface area contributed by atoms with Crippen LogP contribution in [0.15, 0.2) is 71.8 Å². The molecule has 0 saturated carbocycles. The molecule has 1 N–H and O–H groups in total. The average Bonchev–Trinajstić information content (AvgIpc) is 2.91. The standard InChI is InChI=1S/C31H36O2/c1-6-26-28-18-31(5,17-25-16-23(19-32)11-10-20(25)2)15-14-24(28)12-13-27(30(26)33)29-21(3)8-7-9-22(29)4/h7-14,16,18,26-27,32H,6,15,17,19H2,1-5H3. The van der Waals surface area contributed by atoms with E-state index in [1.165, 1.54) is 33.4 Å². The first-order valence-corrected chi connectivity index (χ1v) is 12.2. The Balaban J connectivity index is 1.72. The van der Waals surface area contributed by atoms with Crippen LogP contribution in [-0.4, -0.2) is 10.9 Å². The van der Waals surface area contributed by atoms with Crippen LogP contribution in [0.2, 0.25) is 0 Å². The molecule has 2 heteroatoms. The highest BCUT2D eigenvalue weighted by Gasteiger charge is 2.36. The van der Waals surface area contributed by atoms with Crippen molar-refractivity contribution in [2.75, 3.05) is 0 Å². The molecule has 0 aliphatic heterocycles. The van der Waals surface area contributed by atoms with Crippen LogP contribution in [0.3, 0.4) is 0 Å². The van der Waals surface area contributed by atoms with Crippen molar-refractivity contribution >= 4 is 5.78 Å². The number of rotatable bonds is 5. The maximum atomic E-state index is 13.9. The number of benzene rings is 2. The molecule has 0 heterocycles. The van der Waals surface area contributed by atoms with Gasteiger partial charge in [0.1, 0.15) is 0 Å². The zero-order valence-corrected chi connectivity index (χ0v) is 20.6. The highest BCUT2D eigenvalue weighted by molar-refractivity contribution is 5.94. The normalized spacial score (nSPS) is 24.7. The van der Waals surface area contributed by atoms with E-state index < -0.39 is 0 Å². The number of aliphatic hydroxyl groups is 1. The van der Waals surface area contributed by atoms with Gasteiger partial charge in [0.2, 0.25) is 0 Å². The summed E-state index contributed by atoms with van der Waals surface area (Å²) in [5.41, 5.74) is 9.35. The molecule has 3 atom stereocenters. The Morgan fingerprint density at radius 1 is 1.06 bits per heavy atom. The van der Waals surface area contributed by atoms with Gasteiger partial charge in [0.15, 0.2) is 5.78 Å². The number of aliphatic hydroxyl groups excluding tert-OH is 1. The lowest BCUT2D eigenvalue weighted by molar-refractivity contribution is -0.122. The highest BCUT2D eigenvalue weighted by Crippen LogP contribution is 2.44. The number of hydrogen-bond donors (Lipinski definition) is 1. The van der Waals surface area contributed by atoms with Gasteiger partial charge < -0.3 is 5.11 Å². The van der Waals surface area contributed by atoms with Gasteiger partial charge in [-0.05, 0) is 90.0 Å². The molecule has 172 valence electrons. The third-order valence-corrected chi connectivity index (χ3v) is 7.57. The Bertz CT molecular complexity index is 1140. The van der Waals surface area contributed by atoms with Crippen LogP contribution < -0.4 is 0 Å². The van der Waals surface area contributed by atoms with Gasteiger partial charge in [0, 0.05) is 5.92 Å². The van der Waals surface area contributed by atoms with Crippen molar-refractivity contribution in [3.8, 4) is 0 Å².